The molecule has 0 radical (unpaired) electrons. The van der Waals surface area contributed by atoms with Crippen molar-refractivity contribution in [2.24, 2.45) is 0 Å². The third kappa shape index (κ3) is 21.0. The molecule has 0 spiro atoms. The molecule has 12 N–H and O–H groups in total. The Hall–Kier alpha value is -2.77. The molecule has 0 aromatic rings. The lowest BCUT2D eigenvalue weighted by Gasteiger charge is -2.48. The number of aliphatic hydroxyl groups excluding tert-OH is 11. The third-order valence-corrected chi connectivity index (χ3v) is 12.3. The van der Waals surface area contributed by atoms with Gasteiger partial charge in [0.05, 0.1) is 38.6 Å². The fourth-order valence-electron chi connectivity index (χ4n) is 8.10. The molecule has 70 heavy (non-hydrogen) atoms. The largest absolute Gasteiger partial charge is 0.394 e. The fraction of sp³-hybridized carbons (Fsp3) is 0.745. The maximum Gasteiger partial charge on any atom is 0.220 e. The minimum Gasteiger partial charge on any atom is -0.394 e. The van der Waals surface area contributed by atoms with Gasteiger partial charge in [-0.2, -0.15) is 0 Å². The highest BCUT2D eigenvalue weighted by Crippen LogP contribution is 2.33. The normalized spacial score (nSPS) is 33.2. The summed E-state index contributed by atoms with van der Waals surface area (Å²) in [5.41, 5.74) is 0. The number of carbonyl (C=O) groups is 1. The molecule has 3 rings (SSSR count). The summed E-state index contributed by atoms with van der Waals surface area (Å²) < 4.78 is 34.0. The smallest absolute Gasteiger partial charge is 0.220 e. The van der Waals surface area contributed by atoms with Crippen molar-refractivity contribution >= 4 is 5.91 Å². The van der Waals surface area contributed by atoms with Gasteiger partial charge in [-0.3, -0.25) is 4.79 Å². The van der Waals surface area contributed by atoms with Crippen LogP contribution in [0.15, 0.2) is 72.9 Å². The maximum absolute atomic E-state index is 13.1. The lowest BCUT2D eigenvalue weighted by molar-refractivity contribution is -0.379. The van der Waals surface area contributed by atoms with Gasteiger partial charge in [-0.05, 0) is 51.4 Å². The van der Waals surface area contributed by atoms with Gasteiger partial charge in [0.1, 0.15) is 73.2 Å². The molecule has 3 heterocycles. The number of ether oxygens (including phenoxy) is 6. The number of rotatable bonds is 33. The Morgan fingerprint density at radius 3 is 1.46 bits per heavy atom. The molecule has 3 aliphatic heterocycles. The average molecular weight is 1000 g/mol. The van der Waals surface area contributed by atoms with Crippen molar-refractivity contribution in [3.8, 4) is 0 Å². The molecule has 0 saturated carbocycles. The van der Waals surface area contributed by atoms with E-state index >= 15 is 0 Å². The Kier molecular flexibility index (Phi) is 31.1. The monoisotopic (exact) mass is 1000 g/mol. The summed E-state index contributed by atoms with van der Waals surface area (Å²) in [6.07, 6.45) is 10.8. The highest BCUT2D eigenvalue weighted by atomic mass is 16.8. The van der Waals surface area contributed by atoms with Crippen molar-refractivity contribution in [2.45, 2.75) is 214 Å². The number of nitrogens with one attached hydrogen (secondary N) is 1. The molecule has 17 atom stereocenters. The molecule has 17 unspecified atom stereocenters. The molecule has 3 aliphatic rings. The van der Waals surface area contributed by atoms with Crippen molar-refractivity contribution in [2.75, 3.05) is 26.4 Å². The highest BCUT2D eigenvalue weighted by molar-refractivity contribution is 5.76. The first-order valence-corrected chi connectivity index (χ1v) is 25.2. The van der Waals surface area contributed by atoms with Crippen LogP contribution < -0.4 is 5.32 Å². The quantitative estimate of drug-likeness (QED) is 0.0328. The van der Waals surface area contributed by atoms with Crippen LogP contribution in [0.4, 0.5) is 0 Å². The first kappa shape index (κ1) is 61.5. The Morgan fingerprint density at radius 2 is 0.957 bits per heavy atom. The first-order valence-electron chi connectivity index (χ1n) is 25.2. The Balaban J connectivity index is 1.53. The van der Waals surface area contributed by atoms with Crippen molar-refractivity contribution in [1.29, 1.82) is 0 Å². The molecule has 19 heteroatoms. The maximum atomic E-state index is 13.1. The molecular formula is C51H85NO18. The minimum atomic E-state index is -1.98. The number of allylic oxidation sites excluding steroid dienone is 12. The molecule has 0 aliphatic carbocycles. The molecule has 402 valence electrons. The van der Waals surface area contributed by atoms with Gasteiger partial charge >= 0.3 is 0 Å². The van der Waals surface area contributed by atoms with Crippen LogP contribution in [0.3, 0.4) is 0 Å². The molecule has 0 bridgehead atoms. The Bertz CT molecular complexity index is 1570. The zero-order chi connectivity index (χ0) is 51.3. The van der Waals surface area contributed by atoms with Gasteiger partial charge in [0.2, 0.25) is 5.91 Å². The summed E-state index contributed by atoms with van der Waals surface area (Å²) in [5.74, 6) is -0.336. The molecule has 3 saturated heterocycles. The van der Waals surface area contributed by atoms with Gasteiger partial charge < -0.3 is 89.9 Å². The van der Waals surface area contributed by atoms with E-state index in [1.807, 2.05) is 12.2 Å². The van der Waals surface area contributed by atoms with Gasteiger partial charge in [-0.1, -0.05) is 125 Å². The van der Waals surface area contributed by atoms with E-state index in [2.05, 4.69) is 79.9 Å². The average Bonchev–Trinajstić information content (AvgIpc) is 3.35. The zero-order valence-electron chi connectivity index (χ0n) is 41.0. The number of amides is 1. The number of unbranched alkanes of at least 4 members (excludes halogenated alkanes) is 5. The molecule has 0 aromatic heterocycles. The lowest BCUT2D eigenvalue weighted by atomic mass is 9.96. The Labute approximate surface area is 413 Å². The van der Waals surface area contributed by atoms with E-state index in [9.17, 15) is 61.0 Å². The summed E-state index contributed by atoms with van der Waals surface area (Å²) >= 11 is 0. The van der Waals surface area contributed by atoms with Gasteiger partial charge in [0.15, 0.2) is 18.9 Å². The number of carbonyl (C=O) groups excluding carboxylic acids is 1. The predicted octanol–water partition coefficient (Wildman–Crippen LogP) is 1.53. The second-order valence-corrected chi connectivity index (χ2v) is 17.9. The van der Waals surface area contributed by atoms with Crippen LogP contribution in [-0.2, 0) is 33.2 Å². The highest BCUT2D eigenvalue weighted by Gasteiger charge is 2.53. The third-order valence-electron chi connectivity index (χ3n) is 12.3. The van der Waals surface area contributed by atoms with Gasteiger partial charge in [0.25, 0.3) is 0 Å². The van der Waals surface area contributed by atoms with E-state index in [1.165, 1.54) is 0 Å². The molecule has 19 nitrogen and oxygen atoms in total. The van der Waals surface area contributed by atoms with Crippen LogP contribution in [-0.4, -0.2) is 193 Å². The second-order valence-electron chi connectivity index (χ2n) is 17.9. The zero-order valence-corrected chi connectivity index (χ0v) is 41.0. The van der Waals surface area contributed by atoms with E-state index in [-0.39, 0.29) is 18.9 Å². The van der Waals surface area contributed by atoms with Gasteiger partial charge in [-0.25, -0.2) is 0 Å². The number of hydrogen-bond donors (Lipinski definition) is 12. The summed E-state index contributed by atoms with van der Waals surface area (Å²) in [7, 11) is 0. The Morgan fingerprint density at radius 1 is 0.529 bits per heavy atom. The van der Waals surface area contributed by atoms with Crippen molar-refractivity contribution < 1.29 is 89.4 Å². The standard InChI is InChI=1S/C51H85NO18/c1-3-5-7-9-11-12-13-14-15-16-17-18-19-20-21-22-23-25-27-29-39(57)52-34(35(56)28-26-24-10-8-6-4-2)33-65-49-45(63)42(60)47(37(31-54)67-49)70-51-46(64)43(61)48(38(32-55)68-51)69-50-44(62)41(59)40(58)36(30-53)66-50/h5,7,11-12,14-15,17-18,20-21,23,25,34-38,40-51,53-56,58-64H,3-4,6,8-10,13,16,19,22,24,26-33H2,1-2H3,(H,52,57)/b7-5-,12-11-,15-14-,18-17-,21-20-,25-23-. The molecule has 3 fully saturated rings. The van der Waals surface area contributed by atoms with Crippen molar-refractivity contribution in [3.05, 3.63) is 72.9 Å². The van der Waals surface area contributed by atoms with Crippen LogP contribution in [0.2, 0.25) is 0 Å². The summed E-state index contributed by atoms with van der Waals surface area (Å²) in [4.78, 5) is 13.1. The SMILES string of the molecule is CC/C=C\C/C=C\C/C=C\C/C=C\C/C=C\C/C=C\CCC(=O)NC(COC1OC(CO)C(OC2OC(CO)C(OC3OC(CO)C(O)C(O)C3O)C(O)C2O)C(O)C1O)C(O)CCCCCCCC. The second kappa shape index (κ2) is 35.4. The number of aliphatic hydroxyl groups is 11. The minimum absolute atomic E-state index is 0.136. The predicted molar refractivity (Wildman–Crippen MR) is 258 cm³/mol. The summed E-state index contributed by atoms with van der Waals surface area (Å²) in [5, 5.41) is 119. The summed E-state index contributed by atoms with van der Waals surface area (Å²) in [6.45, 7) is 1.48. The van der Waals surface area contributed by atoms with Crippen LogP contribution in [0.1, 0.15) is 110 Å². The first-order chi connectivity index (χ1) is 33.8. The van der Waals surface area contributed by atoms with E-state index in [1.54, 1.807) is 0 Å². The topological polar surface area (TPSA) is 307 Å². The lowest BCUT2D eigenvalue weighted by Crippen LogP contribution is -2.66. The van der Waals surface area contributed by atoms with E-state index in [0.29, 0.717) is 25.7 Å². The van der Waals surface area contributed by atoms with E-state index in [0.717, 1.165) is 64.2 Å². The molecule has 0 aromatic carbocycles. The summed E-state index contributed by atoms with van der Waals surface area (Å²) in [6, 6.07) is -0.927. The fourth-order valence-corrected chi connectivity index (χ4v) is 8.10. The van der Waals surface area contributed by atoms with Crippen LogP contribution >= 0.6 is 0 Å². The van der Waals surface area contributed by atoms with E-state index < -0.39 is 124 Å². The molecule has 1 amide bonds. The van der Waals surface area contributed by atoms with E-state index in [4.69, 9.17) is 28.4 Å². The van der Waals surface area contributed by atoms with Crippen molar-refractivity contribution in [3.63, 3.8) is 0 Å². The van der Waals surface area contributed by atoms with Crippen LogP contribution in [0.5, 0.6) is 0 Å². The van der Waals surface area contributed by atoms with Gasteiger partial charge in [-0.15, -0.1) is 0 Å². The van der Waals surface area contributed by atoms with Crippen LogP contribution in [0, 0.1) is 0 Å². The molecular weight excluding hydrogens is 915 g/mol. The van der Waals surface area contributed by atoms with Crippen LogP contribution in [0.25, 0.3) is 0 Å². The van der Waals surface area contributed by atoms with Gasteiger partial charge in [0, 0.05) is 6.42 Å². The van der Waals surface area contributed by atoms with Crippen molar-refractivity contribution in [1.82, 2.24) is 5.32 Å². The number of hydrogen-bond acceptors (Lipinski definition) is 18.